The maximum atomic E-state index is 12.5. The molecule has 0 atom stereocenters. The van der Waals surface area contributed by atoms with Crippen LogP contribution in [0.5, 0.6) is 5.75 Å². The molecular weight excluding hydrogens is 420 g/mol. The van der Waals surface area contributed by atoms with Crippen LogP contribution in [-0.4, -0.2) is 23.0 Å². The van der Waals surface area contributed by atoms with Gasteiger partial charge in [-0.2, -0.15) is 0 Å². The number of aromatic nitrogens is 2. The molecule has 0 saturated heterocycles. The summed E-state index contributed by atoms with van der Waals surface area (Å²) in [6.07, 6.45) is 0. The van der Waals surface area contributed by atoms with Crippen molar-refractivity contribution in [2.45, 2.75) is 33.9 Å². The monoisotopic (exact) mass is 446 g/mol. The minimum Gasteiger partial charge on any atom is -0.496 e. The molecule has 2 heterocycles. The summed E-state index contributed by atoms with van der Waals surface area (Å²) in [6.45, 7) is 7.15. The Labute approximate surface area is 191 Å². The Balaban J connectivity index is 1.41. The Hall–Kier alpha value is -3.45. The zero-order valence-electron chi connectivity index (χ0n) is 18.7. The summed E-state index contributed by atoms with van der Waals surface area (Å²) in [4.78, 5) is 24.0. The molecule has 6 nitrogen and oxygen atoms in total. The maximum absolute atomic E-state index is 12.5. The lowest BCUT2D eigenvalue weighted by atomic mass is 10.1. The molecule has 0 aliphatic heterocycles. The first-order valence-electron chi connectivity index (χ1n) is 10.4. The van der Waals surface area contributed by atoms with Crippen LogP contribution in [-0.2, 0) is 13.1 Å². The number of rotatable bonds is 7. The van der Waals surface area contributed by atoms with Gasteiger partial charge in [0, 0.05) is 29.1 Å². The Morgan fingerprint density at radius 1 is 1.00 bits per heavy atom. The van der Waals surface area contributed by atoms with Gasteiger partial charge in [-0.05, 0) is 50.1 Å². The van der Waals surface area contributed by atoms with Crippen molar-refractivity contribution < 1.29 is 9.53 Å². The third kappa shape index (κ3) is 4.57. The van der Waals surface area contributed by atoms with E-state index in [0.717, 1.165) is 38.7 Å². The molecule has 2 aromatic heterocycles. The second kappa shape index (κ2) is 9.36. The lowest BCUT2D eigenvalue weighted by molar-refractivity contribution is 0.0950. The van der Waals surface area contributed by atoms with Crippen molar-refractivity contribution in [2.75, 3.05) is 12.4 Å². The Morgan fingerprint density at radius 3 is 2.50 bits per heavy atom. The van der Waals surface area contributed by atoms with E-state index in [1.54, 1.807) is 18.4 Å². The average molecular weight is 447 g/mol. The van der Waals surface area contributed by atoms with Crippen LogP contribution < -0.4 is 15.4 Å². The van der Waals surface area contributed by atoms with E-state index in [4.69, 9.17) is 4.74 Å². The summed E-state index contributed by atoms with van der Waals surface area (Å²) in [5, 5.41) is 7.49. The van der Waals surface area contributed by atoms with Crippen LogP contribution in [0.3, 0.4) is 0 Å². The molecular formula is C25H26N4O2S. The van der Waals surface area contributed by atoms with Crippen molar-refractivity contribution in [3.05, 3.63) is 81.5 Å². The van der Waals surface area contributed by atoms with Crippen molar-refractivity contribution >= 4 is 33.3 Å². The number of methoxy groups -OCH3 is 1. The second-order valence-corrected chi connectivity index (χ2v) is 8.83. The van der Waals surface area contributed by atoms with Crippen molar-refractivity contribution in [3.63, 3.8) is 0 Å². The number of benzene rings is 2. The molecule has 0 saturated carbocycles. The number of amides is 1. The van der Waals surface area contributed by atoms with E-state index in [9.17, 15) is 4.79 Å². The second-order valence-electron chi connectivity index (χ2n) is 7.63. The van der Waals surface area contributed by atoms with Gasteiger partial charge in [0.25, 0.3) is 5.91 Å². The summed E-state index contributed by atoms with van der Waals surface area (Å²) in [6, 6.07) is 15.3. The van der Waals surface area contributed by atoms with Crippen LogP contribution in [0, 0.1) is 20.8 Å². The van der Waals surface area contributed by atoms with Gasteiger partial charge >= 0.3 is 0 Å². The fraction of sp³-hybridized carbons (Fsp3) is 0.240. The number of hydrogen-bond acceptors (Lipinski definition) is 6. The van der Waals surface area contributed by atoms with Gasteiger partial charge in [-0.25, -0.2) is 9.97 Å². The third-order valence-corrected chi connectivity index (χ3v) is 6.55. The van der Waals surface area contributed by atoms with Crippen LogP contribution in [0.4, 0.5) is 5.82 Å². The number of fused-ring (bicyclic) bond motifs is 1. The zero-order chi connectivity index (χ0) is 22.7. The number of carbonyl (C=O) groups excluding carboxylic acids is 1. The quantitative estimate of drug-likeness (QED) is 0.410. The summed E-state index contributed by atoms with van der Waals surface area (Å²) < 4.78 is 5.34. The summed E-state index contributed by atoms with van der Waals surface area (Å²) in [5.41, 5.74) is 3.85. The van der Waals surface area contributed by atoms with Gasteiger partial charge in [0.05, 0.1) is 12.5 Å². The molecule has 0 spiro atoms. The summed E-state index contributed by atoms with van der Waals surface area (Å²) >= 11 is 1.70. The van der Waals surface area contributed by atoms with E-state index in [2.05, 4.69) is 34.4 Å². The largest absolute Gasteiger partial charge is 0.496 e. The first-order chi connectivity index (χ1) is 15.5. The highest BCUT2D eigenvalue weighted by Gasteiger charge is 2.13. The highest BCUT2D eigenvalue weighted by molar-refractivity contribution is 7.18. The predicted octanol–water partition coefficient (Wildman–Crippen LogP) is 5.17. The number of aryl methyl sites for hydroxylation is 3. The van der Waals surface area contributed by atoms with E-state index in [-0.39, 0.29) is 5.91 Å². The van der Waals surface area contributed by atoms with E-state index in [0.29, 0.717) is 18.7 Å². The Kier molecular flexibility index (Phi) is 6.37. The molecule has 0 bridgehead atoms. The van der Waals surface area contributed by atoms with Gasteiger partial charge in [-0.15, -0.1) is 11.3 Å². The SMILES string of the molecule is COc1ccccc1CNC(=O)c1ccc(CNc2nc(C)nc3sc(C)c(C)c23)cc1. The highest BCUT2D eigenvalue weighted by atomic mass is 32.1. The first-order valence-corrected chi connectivity index (χ1v) is 11.2. The fourth-order valence-corrected chi connectivity index (χ4v) is 4.65. The number of anilines is 1. The average Bonchev–Trinajstić information content (AvgIpc) is 3.09. The van der Waals surface area contributed by atoms with Gasteiger partial charge < -0.3 is 15.4 Å². The van der Waals surface area contributed by atoms with Crippen molar-refractivity contribution in [3.8, 4) is 5.75 Å². The number of thiophene rings is 1. The summed E-state index contributed by atoms with van der Waals surface area (Å²) in [5.74, 6) is 2.25. The molecule has 7 heteroatoms. The molecule has 0 radical (unpaired) electrons. The van der Waals surface area contributed by atoms with E-state index in [1.807, 2.05) is 55.5 Å². The summed E-state index contributed by atoms with van der Waals surface area (Å²) in [7, 11) is 1.63. The van der Waals surface area contributed by atoms with E-state index in [1.165, 1.54) is 10.4 Å². The number of nitrogens with one attached hydrogen (secondary N) is 2. The van der Waals surface area contributed by atoms with Gasteiger partial charge in [-0.3, -0.25) is 4.79 Å². The molecule has 4 aromatic rings. The van der Waals surface area contributed by atoms with Crippen LogP contribution in [0.2, 0.25) is 0 Å². The Bertz CT molecular complexity index is 1270. The topological polar surface area (TPSA) is 76.1 Å². The standard InChI is InChI=1S/C25H26N4O2S/c1-15-16(2)32-25-22(15)23(28-17(3)29-25)26-13-18-9-11-19(12-10-18)24(30)27-14-20-7-5-6-8-21(20)31-4/h5-12H,13-14H2,1-4H3,(H,27,30)(H,26,28,29). The zero-order valence-corrected chi connectivity index (χ0v) is 19.5. The number of ether oxygens (including phenoxy) is 1. The number of nitrogens with zero attached hydrogens (tertiary/aromatic N) is 2. The first kappa shape index (κ1) is 21.8. The molecule has 164 valence electrons. The van der Waals surface area contributed by atoms with Gasteiger partial charge in [0.2, 0.25) is 0 Å². The molecule has 2 aromatic carbocycles. The van der Waals surface area contributed by atoms with Crippen LogP contribution in [0.1, 0.15) is 37.7 Å². The predicted molar refractivity (Wildman–Crippen MR) is 130 cm³/mol. The van der Waals surface area contributed by atoms with E-state index < -0.39 is 0 Å². The molecule has 0 fully saturated rings. The highest BCUT2D eigenvalue weighted by Crippen LogP contribution is 2.33. The number of hydrogen-bond donors (Lipinski definition) is 2. The van der Waals surface area contributed by atoms with Crippen molar-refractivity contribution in [1.82, 2.24) is 15.3 Å². The molecule has 0 aliphatic carbocycles. The molecule has 0 unspecified atom stereocenters. The number of para-hydroxylation sites is 1. The minimum atomic E-state index is -0.118. The maximum Gasteiger partial charge on any atom is 0.251 e. The van der Waals surface area contributed by atoms with Gasteiger partial charge in [0.15, 0.2) is 0 Å². The van der Waals surface area contributed by atoms with Crippen LogP contribution >= 0.6 is 11.3 Å². The number of carbonyl (C=O) groups is 1. The minimum absolute atomic E-state index is 0.118. The smallest absolute Gasteiger partial charge is 0.251 e. The molecule has 2 N–H and O–H groups in total. The third-order valence-electron chi connectivity index (χ3n) is 5.45. The fourth-order valence-electron chi connectivity index (χ4n) is 3.57. The molecule has 0 aliphatic rings. The van der Waals surface area contributed by atoms with Crippen LogP contribution in [0.15, 0.2) is 48.5 Å². The van der Waals surface area contributed by atoms with Gasteiger partial charge in [-0.1, -0.05) is 30.3 Å². The van der Waals surface area contributed by atoms with Crippen LogP contribution in [0.25, 0.3) is 10.2 Å². The lowest BCUT2D eigenvalue weighted by Gasteiger charge is -2.11. The van der Waals surface area contributed by atoms with Crippen molar-refractivity contribution in [2.24, 2.45) is 0 Å². The van der Waals surface area contributed by atoms with Crippen molar-refractivity contribution in [1.29, 1.82) is 0 Å². The molecule has 32 heavy (non-hydrogen) atoms. The normalized spacial score (nSPS) is 10.9. The van der Waals surface area contributed by atoms with E-state index >= 15 is 0 Å². The van der Waals surface area contributed by atoms with Gasteiger partial charge in [0.1, 0.15) is 22.2 Å². The lowest BCUT2D eigenvalue weighted by Crippen LogP contribution is -2.23. The Morgan fingerprint density at radius 2 is 1.75 bits per heavy atom. The molecule has 1 amide bonds. The molecule has 4 rings (SSSR count).